The molecule has 80 valence electrons. The van der Waals surface area contributed by atoms with Crippen LogP contribution in [-0.4, -0.2) is 17.0 Å². The molecule has 1 fully saturated rings. The van der Waals surface area contributed by atoms with Gasteiger partial charge in [-0.3, -0.25) is 4.79 Å². The number of carboxylic acids is 1. The molecule has 4 heteroatoms. The van der Waals surface area contributed by atoms with Crippen LogP contribution in [-0.2, 0) is 4.79 Å². The van der Waals surface area contributed by atoms with Crippen LogP contribution in [0.5, 0.6) is 0 Å². The van der Waals surface area contributed by atoms with Crippen LogP contribution in [0.15, 0.2) is 30.3 Å². The van der Waals surface area contributed by atoms with Crippen molar-refractivity contribution in [3.63, 3.8) is 0 Å². The fraction of sp³-hybridized carbons (Fsp3) is 0.364. The monoisotopic (exact) mass is 212 g/mol. The number of hydrogen-bond acceptors (Lipinski definition) is 1. The smallest absolute Gasteiger partial charge is 0.316 e. The van der Waals surface area contributed by atoms with Gasteiger partial charge in [-0.2, -0.15) is 0 Å². The number of aliphatic carboxylic acids is 1. The summed E-state index contributed by atoms with van der Waals surface area (Å²) in [5.74, 6) is -5.80. The van der Waals surface area contributed by atoms with E-state index in [9.17, 15) is 13.6 Å². The Morgan fingerprint density at radius 2 is 1.87 bits per heavy atom. The van der Waals surface area contributed by atoms with Crippen molar-refractivity contribution in [2.75, 3.05) is 0 Å². The van der Waals surface area contributed by atoms with Crippen LogP contribution in [0.4, 0.5) is 8.78 Å². The molecule has 1 aliphatic carbocycles. The van der Waals surface area contributed by atoms with Gasteiger partial charge in [-0.05, 0) is 12.5 Å². The summed E-state index contributed by atoms with van der Waals surface area (Å²) in [6, 6.07) is 8.04. The Kier molecular flexibility index (Phi) is 1.87. The van der Waals surface area contributed by atoms with Crippen LogP contribution in [0, 0.1) is 5.41 Å². The summed E-state index contributed by atoms with van der Waals surface area (Å²) >= 11 is 0. The molecule has 0 amide bonds. The van der Waals surface area contributed by atoms with Crippen molar-refractivity contribution in [2.45, 2.75) is 18.8 Å². The third kappa shape index (κ3) is 1.11. The van der Waals surface area contributed by atoms with Gasteiger partial charge < -0.3 is 5.11 Å². The topological polar surface area (TPSA) is 37.3 Å². The van der Waals surface area contributed by atoms with Crippen molar-refractivity contribution in [2.24, 2.45) is 5.41 Å². The molecule has 0 spiro atoms. The highest BCUT2D eigenvalue weighted by Crippen LogP contribution is 2.71. The summed E-state index contributed by atoms with van der Waals surface area (Å²) in [4.78, 5) is 10.8. The van der Waals surface area contributed by atoms with Crippen molar-refractivity contribution in [1.82, 2.24) is 0 Å². The van der Waals surface area contributed by atoms with Gasteiger partial charge >= 0.3 is 5.97 Å². The lowest BCUT2D eigenvalue weighted by molar-refractivity contribution is -0.146. The maximum absolute atomic E-state index is 13.4. The van der Waals surface area contributed by atoms with Gasteiger partial charge in [0.05, 0.1) is 5.92 Å². The van der Waals surface area contributed by atoms with Crippen molar-refractivity contribution >= 4 is 5.97 Å². The lowest BCUT2D eigenvalue weighted by Gasteiger charge is -2.01. The average molecular weight is 212 g/mol. The van der Waals surface area contributed by atoms with Crippen molar-refractivity contribution in [1.29, 1.82) is 0 Å². The Bertz CT molecular complexity index is 402. The number of carbonyl (C=O) groups is 1. The van der Waals surface area contributed by atoms with E-state index in [1.807, 2.05) is 0 Å². The summed E-state index contributed by atoms with van der Waals surface area (Å²) in [7, 11) is 0. The molecule has 0 heterocycles. The van der Waals surface area contributed by atoms with Gasteiger partial charge in [-0.25, -0.2) is 8.78 Å². The quantitative estimate of drug-likeness (QED) is 0.817. The van der Waals surface area contributed by atoms with Crippen molar-refractivity contribution in [3.05, 3.63) is 35.9 Å². The molecule has 0 saturated heterocycles. The minimum atomic E-state index is -3.15. The lowest BCUT2D eigenvalue weighted by Crippen LogP contribution is -2.18. The van der Waals surface area contributed by atoms with Gasteiger partial charge in [-0.15, -0.1) is 0 Å². The number of alkyl halides is 2. The van der Waals surface area contributed by atoms with Crippen LogP contribution >= 0.6 is 0 Å². The maximum Gasteiger partial charge on any atom is 0.316 e. The van der Waals surface area contributed by atoms with E-state index in [2.05, 4.69) is 0 Å². The van der Waals surface area contributed by atoms with Crippen LogP contribution < -0.4 is 0 Å². The number of benzene rings is 1. The largest absolute Gasteiger partial charge is 0.481 e. The van der Waals surface area contributed by atoms with Crippen molar-refractivity contribution in [3.8, 4) is 0 Å². The zero-order valence-electron chi connectivity index (χ0n) is 8.08. The highest BCUT2D eigenvalue weighted by atomic mass is 19.3. The molecule has 0 radical (unpaired) electrons. The number of carboxylic acid groups (broad SMARTS) is 1. The van der Waals surface area contributed by atoms with Gasteiger partial charge in [0.1, 0.15) is 5.41 Å². The third-order valence-electron chi connectivity index (χ3n) is 3.13. The van der Waals surface area contributed by atoms with E-state index in [1.54, 1.807) is 18.2 Å². The Morgan fingerprint density at radius 3 is 2.27 bits per heavy atom. The van der Waals surface area contributed by atoms with Gasteiger partial charge in [-0.1, -0.05) is 30.3 Å². The fourth-order valence-corrected chi connectivity index (χ4v) is 1.99. The summed E-state index contributed by atoms with van der Waals surface area (Å²) < 4.78 is 26.8. The standard InChI is InChI=1S/C11H10F2O2/c1-10(9(14)15)8(11(10,12)13)7-5-3-2-4-6-7/h2-6,8H,1H3,(H,14,15)/t8-,10-/m1/s1. The minimum absolute atomic E-state index is 0.382. The Balaban J connectivity index is 2.39. The van der Waals surface area contributed by atoms with E-state index in [0.29, 0.717) is 5.56 Å². The predicted molar refractivity (Wildman–Crippen MR) is 49.9 cm³/mol. The van der Waals surface area contributed by atoms with E-state index in [1.165, 1.54) is 12.1 Å². The zero-order valence-corrected chi connectivity index (χ0v) is 8.08. The van der Waals surface area contributed by atoms with Crippen LogP contribution in [0.3, 0.4) is 0 Å². The first-order valence-electron chi connectivity index (χ1n) is 4.58. The number of rotatable bonds is 2. The number of hydrogen-bond donors (Lipinski definition) is 1. The molecule has 1 aromatic carbocycles. The van der Waals surface area contributed by atoms with Gasteiger partial charge in [0.15, 0.2) is 0 Å². The second-order valence-corrected chi connectivity index (χ2v) is 3.97. The second-order valence-electron chi connectivity index (χ2n) is 3.97. The molecule has 1 N–H and O–H groups in total. The minimum Gasteiger partial charge on any atom is -0.481 e. The van der Waals surface area contributed by atoms with Crippen LogP contribution in [0.1, 0.15) is 18.4 Å². The SMILES string of the molecule is C[C@]1(C(=O)O)[C@@H](c2ccccc2)C1(F)F. The predicted octanol–water partition coefficient (Wildman–Crippen LogP) is 2.51. The first-order chi connectivity index (χ1) is 6.92. The molecule has 15 heavy (non-hydrogen) atoms. The molecule has 0 aliphatic heterocycles. The van der Waals surface area contributed by atoms with Crippen LogP contribution in [0.2, 0.25) is 0 Å². The third-order valence-corrected chi connectivity index (χ3v) is 3.13. The summed E-state index contributed by atoms with van der Waals surface area (Å²) in [6.07, 6.45) is 0. The second kappa shape index (κ2) is 2.78. The molecule has 0 unspecified atom stereocenters. The first kappa shape index (κ1) is 10.1. The van der Waals surface area contributed by atoms with E-state index in [-0.39, 0.29) is 0 Å². The van der Waals surface area contributed by atoms with Crippen LogP contribution in [0.25, 0.3) is 0 Å². The summed E-state index contributed by atoms with van der Waals surface area (Å²) in [5.41, 5.74) is -1.57. The van der Waals surface area contributed by atoms with Gasteiger partial charge in [0.2, 0.25) is 0 Å². The molecular weight excluding hydrogens is 202 g/mol. The zero-order chi connectivity index (χ0) is 11.3. The maximum atomic E-state index is 13.4. The summed E-state index contributed by atoms with van der Waals surface area (Å²) in [5, 5.41) is 8.80. The molecule has 2 atom stereocenters. The molecule has 1 aliphatic rings. The summed E-state index contributed by atoms with van der Waals surface area (Å²) in [6.45, 7) is 1.09. The molecular formula is C11H10F2O2. The van der Waals surface area contributed by atoms with Crippen molar-refractivity contribution < 1.29 is 18.7 Å². The van der Waals surface area contributed by atoms with E-state index < -0.39 is 23.2 Å². The Labute approximate surface area is 85.5 Å². The van der Waals surface area contributed by atoms with Gasteiger partial charge in [0, 0.05) is 0 Å². The molecule has 2 nitrogen and oxygen atoms in total. The van der Waals surface area contributed by atoms with E-state index >= 15 is 0 Å². The molecule has 1 aromatic rings. The molecule has 2 rings (SSSR count). The Morgan fingerprint density at radius 1 is 1.33 bits per heavy atom. The molecule has 0 aromatic heterocycles. The van der Waals surface area contributed by atoms with E-state index in [0.717, 1.165) is 6.92 Å². The fourth-order valence-electron chi connectivity index (χ4n) is 1.99. The highest BCUT2D eigenvalue weighted by molar-refractivity contribution is 5.83. The number of halogens is 2. The van der Waals surface area contributed by atoms with Gasteiger partial charge in [0.25, 0.3) is 5.92 Å². The van der Waals surface area contributed by atoms with E-state index in [4.69, 9.17) is 5.11 Å². The molecule has 0 bridgehead atoms. The molecule has 1 saturated carbocycles. The lowest BCUT2D eigenvalue weighted by atomic mass is 10.0. The Hall–Kier alpha value is -1.45. The average Bonchev–Trinajstić information content (AvgIpc) is 2.64. The normalized spacial score (nSPS) is 32.3. The first-order valence-corrected chi connectivity index (χ1v) is 4.58. The highest BCUT2D eigenvalue weighted by Gasteiger charge is 2.82.